The lowest BCUT2D eigenvalue weighted by atomic mass is 10.1. The number of nitrogens with zero attached hydrogens (tertiary/aromatic N) is 2. The van der Waals surface area contributed by atoms with E-state index in [1.165, 1.54) is 5.56 Å². The molecule has 0 saturated carbocycles. The summed E-state index contributed by atoms with van der Waals surface area (Å²) in [7, 11) is 0. The minimum atomic E-state index is 0.128. The summed E-state index contributed by atoms with van der Waals surface area (Å²) >= 11 is 11.4. The van der Waals surface area contributed by atoms with E-state index in [0.29, 0.717) is 11.7 Å². The van der Waals surface area contributed by atoms with Gasteiger partial charge in [-0.25, -0.2) is 0 Å². The lowest BCUT2D eigenvalue weighted by molar-refractivity contribution is 0.687. The maximum Gasteiger partial charge on any atom is 0.171 e. The highest BCUT2D eigenvalue weighted by atomic mass is 35.5. The van der Waals surface area contributed by atoms with Crippen molar-refractivity contribution >= 4 is 34.6 Å². The van der Waals surface area contributed by atoms with Gasteiger partial charge < -0.3 is 10.6 Å². The first kappa shape index (κ1) is 17.5. The van der Waals surface area contributed by atoms with Crippen LogP contribution in [0.1, 0.15) is 24.1 Å². The summed E-state index contributed by atoms with van der Waals surface area (Å²) in [6, 6.07) is 18.1. The van der Waals surface area contributed by atoms with Crippen molar-refractivity contribution in [3.05, 3.63) is 83.1 Å². The van der Waals surface area contributed by atoms with Gasteiger partial charge in [-0.05, 0) is 42.4 Å². The van der Waals surface area contributed by atoms with Gasteiger partial charge in [-0.2, -0.15) is 5.10 Å². The lowest BCUT2D eigenvalue weighted by Gasteiger charge is -2.16. The van der Waals surface area contributed by atoms with Gasteiger partial charge in [0, 0.05) is 11.2 Å². The van der Waals surface area contributed by atoms with Crippen molar-refractivity contribution in [3.8, 4) is 0 Å². The fourth-order valence-electron chi connectivity index (χ4n) is 2.53. The molecule has 0 amide bonds. The molecule has 0 fully saturated rings. The molecule has 3 rings (SSSR count). The largest absolute Gasteiger partial charge is 0.356 e. The van der Waals surface area contributed by atoms with Crippen molar-refractivity contribution in [2.45, 2.75) is 19.5 Å². The number of hydrogen-bond donors (Lipinski definition) is 2. The van der Waals surface area contributed by atoms with Gasteiger partial charge in [0.25, 0.3) is 0 Å². The lowest BCUT2D eigenvalue weighted by Crippen LogP contribution is -2.30. The van der Waals surface area contributed by atoms with E-state index in [2.05, 4.69) is 34.8 Å². The molecular weight excluding hydrogens is 352 g/mol. The van der Waals surface area contributed by atoms with Crippen molar-refractivity contribution in [1.29, 1.82) is 0 Å². The Morgan fingerprint density at radius 2 is 2.00 bits per heavy atom. The monoisotopic (exact) mass is 370 g/mol. The third-order valence-electron chi connectivity index (χ3n) is 3.77. The zero-order chi connectivity index (χ0) is 17.6. The van der Waals surface area contributed by atoms with Gasteiger partial charge in [0.1, 0.15) is 0 Å². The molecule has 2 N–H and O–H groups in total. The molecule has 2 aromatic carbocycles. The van der Waals surface area contributed by atoms with Crippen LogP contribution in [-0.2, 0) is 6.54 Å². The van der Waals surface area contributed by atoms with Crippen molar-refractivity contribution in [3.63, 3.8) is 0 Å². The summed E-state index contributed by atoms with van der Waals surface area (Å²) in [5.41, 5.74) is 3.13. The second-order valence-electron chi connectivity index (χ2n) is 5.79. The van der Waals surface area contributed by atoms with Gasteiger partial charge in [-0.15, -0.1) is 0 Å². The fraction of sp³-hybridized carbons (Fsp3) is 0.158. The van der Waals surface area contributed by atoms with E-state index in [-0.39, 0.29) is 6.04 Å². The van der Waals surface area contributed by atoms with Crippen LogP contribution < -0.4 is 10.6 Å². The number of halogens is 1. The first-order valence-electron chi connectivity index (χ1n) is 7.99. The second kappa shape index (κ2) is 8.14. The van der Waals surface area contributed by atoms with Crippen LogP contribution in [0.2, 0.25) is 5.02 Å². The number of thiocarbonyl (C=S) groups is 1. The van der Waals surface area contributed by atoms with E-state index in [1.807, 2.05) is 53.3 Å². The third-order valence-corrected chi connectivity index (χ3v) is 4.23. The second-order valence-corrected chi connectivity index (χ2v) is 6.63. The van der Waals surface area contributed by atoms with E-state index < -0.39 is 0 Å². The van der Waals surface area contributed by atoms with Crippen LogP contribution in [0.5, 0.6) is 0 Å². The van der Waals surface area contributed by atoms with Crippen LogP contribution in [0, 0.1) is 0 Å². The summed E-state index contributed by atoms with van der Waals surface area (Å²) in [4.78, 5) is 0. The highest BCUT2D eigenvalue weighted by Crippen LogP contribution is 2.14. The number of hydrogen-bond acceptors (Lipinski definition) is 2. The molecule has 0 saturated heterocycles. The number of rotatable bonds is 5. The molecule has 1 atom stereocenters. The first-order chi connectivity index (χ1) is 12.1. The summed E-state index contributed by atoms with van der Waals surface area (Å²) in [5.74, 6) is 0. The van der Waals surface area contributed by atoms with E-state index in [0.717, 1.165) is 16.3 Å². The number of benzene rings is 2. The smallest absolute Gasteiger partial charge is 0.171 e. The van der Waals surface area contributed by atoms with Crippen LogP contribution in [-0.4, -0.2) is 14.9 Å². The Balaban J connectivity index is 1.56. The first-order valence-corrected chi connectivity index (χ1v) is 8.78. The Bertz CT molecular complexity index is 847. The van der Waals surface area contributed by atoms with Gasteiger partial charge in [0.2, 0.25) is 0 Å². The van der Waals surface area contributed by atoms with Crippen molar-refractivity contribution < 1.29 is 0 Å². The fourth-order valence-corrected chi connectivity index (χ4v) is 3.03. The minimum absolute atomic E-state index is 0.128. The molecule has 0 aliphatic carbocycles. The Kier molecular flexibility index (Phi) is 5.68. The van der Waals surface area contributed by atoms with Crippen LogP contribution >= 0.6 is 23.8 Å². The number of aromatic nitrogens is 2. The third kappa shape index (κ3) is 5.05. The Labute approximate surface area is 157 Å². The Hall–Kier alpha value is -2.37. The molecule has 0 aliphatic rings. The molecule has 3 aromatic rings. The average molecular weight is 371 g/mol. The highest BCUT2D eigenvalue weighted by molar-refractivity contribution is 7.80. The zero-order valence-electron chi connectivity index (χ0n) is 13.8. The standard InChI is InChI=1S/C19H19ClN4S/c1-14(16-7-3-2-4-8-16)22-19(25)23-18-11-21-24(13-18)12-15-6-5-9-17(20)10-15/h2-11,13-14H,12H2,1H3,(H2,22,23,25). The summed E-state index contributed by atoms with van der Waals surface area (Å²) in [6.07, 6.45) is 3.67. The normalized spacial score (nSPS) is 11.8. The highest BCUT2D eigenvalue weighted by Gasteiger charge is 2.07. The molecule has 0 radical (unpaired) electrons. The van der Waals surface area contributed by atoms with Gasteiger partial charge >= 0.3 is 0 Å². The predicted molar refractivity (Wildman–Crippen MR) is 107 cm³/mol. The molecule has 1 heterocycles. The van der Waals surface area contributed by atoms with Crippen LogP contribution in [0.15, 0.2) is 67.0 Å². The van der Waals surface area contributed by atoms with Crippen LogP contribution in [0.3, 0.4) is 0 Å². The maximum atomic E-state index is 6.02. The quantitative estimate of drug-likeness (QED) is 0.642. The van der Waals surface area contributed by atoms with Gasteiger partial charge in [-0.1, -0.05) is 54.1 Å². The van der Waals surface area contributed by atoms with Crippen molar-refractivity contribution in [2.75, 3.05) is 5.32 Å². The van der Waals surface area contributed by atoms with E-state index in [9.17, 15) is 0 Å². The predicted octanol–water partition coefficient (Wildman–Crippen LogP) is 4.63. The van der Waals surface area contributed by atoms with Crippen LogP contribution in [0.25, 0.3) is 0 Å². The SMILES string of the molecule is CC(NC(=S)Nc1cnn(Cc2cccc(Cl)c2)c1)c1ccccc1. The molecule has 4 nitrogen and oxygen atoms in total. The number of anilines is 1. The Morgan fingerprint density at radius 3 is 2.76 bits per heavy atom. The van der Waals surface area contributed by atoms with E-state index in [4.69, 9.17) is 23.8 Å². The van der Waals surface area contributed by atoms with Gasteiger partial charge in [0.05, 0.1) is 24.5 Å². The molecule has 128 valence electrons. The topological polar surface area (TPSA) is 41.9 Å². The summed E-state index contributed by atoms with van der Waals surface area (Å²) in [5, 5.41) is 12.1. The maximum absolute atomic E-state index is 6.02. The van der Waals surface area contributed by atoms with Gasteiger partial charge in [0.15, 0.2) is 5.11 Å². The van der Waals surface area contributed by atoms with Crippen molar-refractivity contribution in [1.82, 2.24) is 15.1 Å². The molecule has 6 heteroatoms. The zero-order valence-corrected chi connectivity index (χ0v) is 15.4. The Morgan fingerprint density at radius 1 is 1.20 bits per heavy atom. The molecule has 1 aromatic heterocycles. The molecule has 25 heavy (non-hydrogen) atoms. The molecule has 0 aliphatic heterocycles. The minimum Gasteiger partial charge on any atom is -0.356 e. The number of nitrogens with one attached hydrogen (secondary N) is 2. The van der Waals surface area contributed by atoms with Crippen molar-refractivity contribution in [2.24, 2.45) is 0 Å². The van der Waals surface area contributed by atoms with Gasteiger partial charge in [-0.3, -0.25) is 4.68 Å². The molecule has 1 unspecified atom stereocenters. The summed E-state index contributed by atoms with van der Waals surface area (Å²) < 4.78 is 1.84. The molecular formula is C19H19ClN4S. The average Bonchev–Trinajstić information content (AvgIpc) is 3.02. The molecule has 0 spiro atoms. The van der Waals surface area contributed by atoms with E-state index in [1.54, 1.807) is 6.20 Å². The van der Waals surface area contributed by atoms with E-state index >= 15 is 0 Å². The molecule has 0 bridgehead atoms. The van der Waals surface area contributed by atoms with Crippen LogP contribution in [0.4, 0.5) is 5.69 Å². The summed E-state index contributed by atoms with van der Waals surface area (Å²) in [6.45, 7) is 2.73.